The molecule has 5 rings (SSSR count). The van der Waals surface area contributed by atoms with Crippen molar-refractivity contribution in [1.29, 1.82) is 0 Å². The zero-order valence-electron chi connectivity index (χ0n) is 18.2. The maximum atomic E-state index is 12.6. The van der Waals surface area contributed by atoms with Crippen molar-refractivity contribution in [2.24, 2.45) is 0 Å². The Morgan fingerprint density at radius 1 is 0.971 bits per heavy atom. The smallest absolute Gasteiger partial charge is 0.478 e. The summed E-state index contributed by atoms with van der Waals surface area (Å²) in [6.45, 7) is 0. The topological polar surface area (TPSA) is 80.7 Å². The van der Waals surface area contributed by atoms with E-state index in [0.717, 1.165) is 23.8 Å². The van der Waals surface area contributed by atoms with E-state index < -0.39 is 17.9 Å². The molecule has 1 aromatic heterocycles. The third-order valence-corrected chi connectivity index (χ3v) is 5.81. The Labute approximate surface area is 197 Å². The van der Waals surface area contributed by atoms with E-state index in [0.29, 0.717) is 17.0 Å². The van der Waals surface area contributed by atoms with Crippen LogP contribution in [0.2, 0.25) is 0 Å². The van der Waals surface area contributed by atoms with Gasteiger partial charge in [0.05, 0.1) is 16.5 Å². The van der Waals surface area contributed by atoms with Crippen molar-refractivity contribution in [1.82, 2.24) is 4.98 Å². The second-order valence-corrected chi connectivity index (χ2v) is 8.23. The summed E-state index contributed by atoms with van der Waals surface area (Å²) < 4.78 is 47.8. The molecule has 0 unspecified atom stereocenters. The number of anilines is 1. The Bertz CT molecular complexity index is 1390. The number of fused-ring (bicyclic) bond motifs is 1. The molecule has 9 heteroatoms. The van der Waals surface area contributed by atoms with Crippen LogP contribution >= 0.6 is 0 Å². The van der Waals surface area contributed by atoms with Gasteiger partial charge in [-0.2, -0.15) is 0 Å². The van der Waals surface area contributed by atoms with Gasteiger partial charge in [0.2, 0.25) is 0 Å². The number of ether oxygens (including phenoxy) is 2. The van der Waals surface area contributed by atoms with Crippen LogP contribution in [0, 0.1) is 0 Å². The first kappa shape index (κ1) is 22.5. The summed E-state index contributed by atoms with van der Waals surface area (Å²) in [5.74, 6) is -0.218. The minimum atomic E-state index is -4.81. The maximum absolute atomic E-state index is 12.6. The monoisotopic (exact) mass is 480 g/mol. The lowest BCUT2D eigenvalue weighted by Gasteiger charge is -2.21. The number of hydrogen-bond donors (Lipinski definition) is 2. The zero-order valence-corrected chi connectivity index (χ0v) is 18.2. The molecule has 0 atom stereocenters. The van der Waals surface area contributed by atoms with Crippen molar-refractivity contribution in [3.63, 3.8) is 0 Å². The number of benzene rings is 3. The molecule has 2 N–H and O–H groups in total. The predicted octanol–water partition coefficient (Wildman–Crippen LogP) is 6.73. The highest BCUT2D eigenvalue weighted by Gasteiger charge is 2.45. The van der Waals surface area contributed by atoms with Gasteiger partial charge in [-0.25, -0.2) is 9.78 Å². The van der Waals surface area contributed by atoms with Crippen LogP contribution in [-0.2, 0) is 5.54 Å². The first-order valence-electron chi connectivity index (χ1n) is 10.8. The lowest BCUT2D eigenvalue weighted by molar-refractivity contribution is -0.274. The molecule has 178 valence electrons. The second kappa shape index (κ2) is 8.50. The Kier molecular flexibility index (Phi) is 5.47. The Morgan fingerprint density at radius 3 is 2.37 bits per heavy atom. The molecule has 0 amide bonds. The van der Waals surface area contributed by atoms with E-state index >= 15 is 0 Å². The molecule has 3 aromatic carbocycles. The molecular formula is C26H19F3N2O4. The van der Waals surface area contributed by atoms with Gasteiger partial charge in [0.15, 0.2) is 0 Å². The summed E-state index contributed by atoms with van der Waals surface area (Å²) in [7, 11) is 0. The molecule has 0 radical (unpaired) electrons. The Morgan fingerprint density at radius 2 is 1.69 bits per heavy atom. The summed E-state index contributed by atoms with van der Waals surface area (Å²) in [6.07, 6.45) is -1.48. The average Bonchev–Trinajstić information content (AvgIpc) is 3.59. The summed E-state index contributed by atoms with van der Waals surface area (Å²) in [4.78, 5) is 15.7. The number of pyridine rings is 1. The number of alkyl halides is 3. The molecular weight excluding hydrogens is 461 g/mol. The number of hydrogen-bond acceptors (Lipinski definition) is 5. The SMILES string of the molecule is O=C(O)c1ccc(C2(Nc3nccc4cccc(Oc5cccc(OC(F)(F)F)c5)c34)CC2)cc1. The fourth-order valence-corrected chi connectivity index (χ4v) is 4.01. The van der Waals surface area contributed by atoms with Crippen molar-refractivity contribution in [2.75, 3.05) is 5.32 Å². The number of carboxylic acid groups (broad SMARTS) is 1. The standard InChI is InChI=1S/C26H19F3N2O4/c27-26(28,29)35-20-5-2-4-19(15-20)34-21-6-1-3-16-11-14-30-23(22(16)21)31-25(12-13-25)18-9-7-17(8-10-18)24(32)33/h1-11,14-15H,12-13H2,(H,30,31)(H,32,33). The Hall–Kier alpha value is -4.27. The number of aromatic carboxylic acids is 1. The fraction of sp³-hybridized carbons (Fsp3) is 0.154. The van der Waals surface area contributed by atoms with Crippen LogP contribution in [-0.4, -0.2) is 22.4 Å². The lowest BCUT2D eigenvalue weighted by Crippen LogP contribution is -2.20. The zero-order chi connectivity index (χ0) is 24.6. The first-order valence-corrected chi connectivity index (χ1v) is 10.8. The molecule has 1 aliphatic carbocycles. The highest BCUT2D eigenvalue weighted by molar-refractivity contribution is 5.97. The van der Waals surface area contributed by atoms with Gasteiger partial charge >= 0.3 is 12.3 Å². The number of nitrogens with zero attached hydrogens (tertiary/aromatic N) is 1. The summed E-state index contributed by atoms with van der Waals surface area (Å²) in [5.41, 5.74) is 0.753. The van der Waals surface area contributed by atoms with Gasteiger partial charge in [-0.05, 0) is 60.2 Å². The molecule has 6 nitrogen and oxygen atoms in total. The molecule has 0 bridgehead atoms. The highest BCUT2D eigenvalue weighted by atomic mass is 19.4. The Balaban J connectivity index is 1.47. The van der Waals surface area contributed by atoms with Gasteiger partial charge in [0, 0.05) is 12.3 Å². The largest absolute Gasteiger partial charge is 0.573 e. The minimum Gasteiger partial charge on any atom is -0.478 e. The predicted molar refractivity (Wildman–Crippen MR) is 123 cm³/mol. The molecule has 1 heterocycles. The minimum absolute atomic E-state index is 0.180. The van der Waals surface area contributed by atoms with Gasteiger partial charge in [-0.1, -0.05) is 30.3 Å². The number of nitrogens with one attached hydrogen (secondary N) is 1. The number of carboxylic acids is 1. The normalized spacial score (nSPS) is 14.4. The van der Waals surface area contributed by atoms with Crippen LogP contribution in [0.1, 0.15) is 28.8 Å². The summed E-state index contributed by atoms with van der Waals surface area (Å²) in [6, 6.07) is 19.3. The molecule has 35 heavy (non-hydrogen) atoms. The van der Waals surface area contributed by atoms with E-state index in [-0.39, 0.29) is 17.1 Å². The van der Waals surface area contributed by atoms with Gasteiger partial charge < -0.3 is 19.9 Å². The molecule has 4 aromatic rings. The van der Waals surface area contributed by atoms with E-state index in [9.17, 15) is 18.0 Å². The molecule has 0 saturated heterocycles. The van der Waals surface area contributed by atoms with Crippen LogP contribution in [0.25, 0.3) is 10.8 Å². The van der Waals surface area contributed by atoms with Crippen molar-refractivity contribution in [3.8, 4) is 17.2 Å². The van der Waals surface area contributed by atoms with Crippen molar-refractivity contribution in [2.45, 2.75) is 24.7 Å². The van der Waals surface area contributed by atoms with E-state index in [4.69, 9.17) is 9.84 Å². The number of aromatic nitrogens is 1. The number of carbonyl (C=O) groups is 1. The fourth-order valence-electron chi connectivity index (χ4n) is 4.01. The van der Waals surface area contributed by atoms with Gasteiger partial charge in [0.1, 0.15) is 23.1 Å². The van der Waals surface area contributed by atoms with E-state index in [2.05, 4.69) is 15.0 Å². The third kappa shape index (κ3) is 4.84. The second-order valence-electron chi connectivity index (χ2n) is 8.23. The summed E-state index contributed by atoms with van der Waals surface area (Å²) >= 11 is 0. The van der Waals surface area contributed by atoms with E-state index in [1.54, 1.807) is 42.6 Å². The average molecular weight is 480 g/mol. The highest BCUT2D eigenvalue weighted by Crippen LogP contribution is 2.49. The quantitative estimate of drug-likeness (QED) is 0.306. The molecule has 1 fully saturated rings. The molecule has 1 aliphatic rings. The maximum Gasteiger partial charge on any atom is 0.573 e. The third-order valence-electron chi connectivity index (χ3n) is 5.81. The van der Waals surface area contributed by atoms with Crippen LogP contribution in [0.5, 0.6) is 17.2 Å². The van der Waals surface area contributed by atoms with Crippen molar-refractivity contribution >= 4 is 22.6 Å². The van der Waals surface area contributed by atoms with E-state index in [1.165, 1.54) is 24.3 Å². The van der Waals surface area contributed by atoms with Gasteiger partial charge in [-0.3, -0.25) is 0 Å². The van der Waals surface area contributed by atoms with Crippen LogP contribution in [0.15, 0.2) is 79.0 Å². The molecule has 0 aliphatic heterocycles. The van der Waals surface area contributed by atoms with Crippen LogP contribution in [0.4, 0.5) is 19.0 Å². The van der Waals surface area contributed by atoms with Crippen molar-refractivity contribution in [3.05, 3.63) is 90.1 Å². The lowest BCUT2D eigenvalue weighted by atomic mass is 10.0. The van der Waals surface area contributed by atoms with E-state index in [1.807, 2.05) is 12.1 Å². The van der Waals surface area contributed by atoms with Crippen LogP contribution < -0.4 is 14.8 Å². The number of rotatable bonds is 7. The van der Waals surface area contributed by atoms with Gasteiger partial charge in [-0.15, -0.1) is 13.2 Å². The molecule has 0 spiro atoms. The molecule has 1 saturated carbocycles. The summed E-state index contributed by atoms with van der Waals surface area (Å²) in [5, 5.41) is 14.2. The first-order chi connectivity index (χ1) is 16.7. The number of halogens is 3. The van der Waals surface area contributed by atoms with Gasteiger partial charge in [0.25, 0.3) is 0 Å². The van der Waals surface area contributed by atoms with Crippen LogP contribution in [0.3, 0.4) is 0 Å². The van der Waals surface area contributed by atoms with Crippen molar-refractivity contribution < 1.29 is 32.5 Å².